The number of nitrogens with zero attached hydrogens (tertiary/aromatic N) is 1. The Morgan fingerprint density at radius 3 is 1.86 bits per heavy atom. The Morgan fingerprint density at radius 1 is 1.05 bits per heavy atom. The van der Waals surface area contributed by atoms with E-state index in [-0.39, 0.29) is 24.8 Å². The number of carbonyl (C=O) groups is 2. The molecular weight excluding hydrogens is 282 g/mol. The van der Waals surface area contributed by atoms with Crippen molar-refractivity contribution in [1.29, 1.82) is 5.26 Å². The lowest BCUT2D eigenvalue weighted by Crippen LogP contribution is -2.27. The highest BCUT2D eigenvalue weighted by Crippen LogP contribution is 2.34. The van der Waals surface area contributed by atoms with Gasteiger partial charge in [-0.05, 0) is 25.3 Å². The van der Waals surface area contributed by atoms with Crippen molar-refractivity contribution in [2.45, 2.75) is 38.0 Å². The van der Waals surface area contributed by atoms with E-state index in [0.717, 1.165) is 11.1 Å². The van der Waals surface area contributed by atoms with E-state index in [4.69, 9.17) is 0 Å². The Kier molecular flexibility index (Phi) is 6.58. The third-order valence-electron chi connectivity index (χ3n) is 3.79. The molecular formula is C17H21NO4. The first kappa shape index (κ1) is 17.7. The zero-order chi connectivity index (χ0) is 16.6. The van der Waals surface area contributed by atoms with Crippen LogP contribution in [0.5, 0.6) is 0 Å². The van der Waals surface area contributed by atoms with Crippen molar-refractivity contribution >= 4 is 11.9 Å². The fourth-order valence-corrected chi connectivity index (χ4v) is 2.30. The Hall–Kier alpha value is -2.35. The van der Waals surface area contributed by atoms with E-state index in [1.807, 2.05) is 31.2 Å². The smallest absolute Gasteiger partial charge is 0.305 e. The number of aryl methyl sites for hydroxylation is 1. The molecule has 0 saturated heterocycles. The zero-order valence-corrected chi connectivity index (χ0v) is 13.2. The second-order valence-corrected chi connectivity index (χ2v) is 5.21. The van der Waals surface area contributed by atoms with Crippen LogP contribution in [-0.2, 0) is 24.5 Å². The number of esters is 2. The van der Waals surface area contributed by atoms with E-state index in [0.29, 0.717) is 12.8 Å². The van der Waals surface area contributed by atoms with Gasteiger partial charge in [0.05, 0.1) is 25.7 Å². The molecule has 0 fully saturated rings. The standard InChI is InChI=1S/C17H21NO4/c1-13-4-6-14(7-5-13)17(12-18,10-8-15(19)21-2)11-9-16(20)22-3/h4-7H,8-11H2,1-3H3. The highest BCUT2D eigenvalue weighted by Gasteiger charge is 2.33. The predicted octanol–water partition coefficient (Wildman–Crippen LogP) is 2.66. The van der Waals surface area contributed by atoms with Gasteiger partial charge in [-0.3, -0.25) is 9.59 Å². The SMILES string of the molecule is COC(=O)CCC(C#N)(CCC(=O)OC)c1ccc(C)cc1. The fourth-order valence-electron chi connectivity index (χ4n) is 2.30. The van der Waals surface area contributed by atoms with Gasteiger partial charge in [0.25, 0.3) is 0 Å². The van der Waals surface area contributed by atoms with E-state index in [2.05, 4.69) is 15.5 Å². The van der Waals surface area contributed by atoms with Crippen molar-refractivity contribution in [3.63, 3.8) is 0 Å². The molecule has 5 heteroatoms. The summed E-state index contributed by atoms with van der Waals surface area (Å²) in [6, 6.07) is 9.86. The summed E-state index contributed by atoms with van der Waals surface area (Å²) in [5.41, 5.74) is 0.973. The van der Waals surface area contributed by atoms with Gasteiger partial charge < -0.3 is 9.47 Å². The van der Waals surface area contributed by atoms with Crippen LogP contribution >= 0.6 is 0 Å². The van der Waals surface area contributed by atoms with Gasteiger partial charge in [-0.1, -0.05) is 29.8 Å². The molecule has 0 saturated carbocycles. The monoisotopic (exact) mass is 303 g/mol. The highest BCUT2D eigenvalue weighted by molar-refractivity contribution is 5.70. The van der Waals surface area contributed by atoms with Crippen LogP contribution in [0.3, 0.4) is 0 Å². The minimum absolute atomic E-state index is 0.124. The molecule has 1 rings (SSSR count). The molecule has 0 aromatic heterocycles. The Labute approximate surface area is 130 Å². The topological polar surface area (TPSA) is 76.4 Å². The van der Waals surface area contributed by atoms with Crippen LogP contribution in [-0.4, -0.2) is 26.2 Å². The molecule has 0 aliphatic heterocycles. The maximum Gasteiger partial charge on any atom is 0.305 e. The summed E-state index contributed by atoms with van der Waals surface area (Å²) in [7, 11) is 2.63. The third-order valence-corrected chi connectivity index (χ3v) is 3.79. The molecule has 1 aromatic carbocycles. The first-order chi connectivity index (χ1) is 10.5. The number of nitriles is 1. The number of hydrogen-bond acceptors (Lipinski definition) is 5. The molecule has 0 aliphatic rings. The quantitative estimate of drug-likeness (QED) is 0.724. The molecule has 0 spiro atoms. The van der Waals surface area contributed by atoms with Gasteiger partial charge >= 0.3 is 11.9 Å². The molecule has 0 bridgehead atoms. The summed E-state index contributed by atoms with van der Waals surface area (Å²) in [6.45, 7) is 1.96. The largest absolute Gasteiger partial charge is 0.469 e. The van der Waals surface area contributed by atoms with E-state index in [1.54, 1.807) is 0 Å². The van der Waals surface area contributed by atoms with E-state index >= 15 is 0 Å². The van der Waals surface area contributed by atoms with Gasteiger partial charge in [0.15, 0.2) is 0 Å². The number of benzene rings is 1. The lowest BCUT2D eigenvalue weighted by molar-refractivity contribution is -0.141. The molecule has 118 valence electrons. The van der Waals surface area contributed by atoms with Crippen molar-refractivity contribution in [3.8, 4) is 6.07 Å². The molecule has 0 aliphatic carbocycles. The van der Waals surface area contributed by atoms with Crippen LogP contribution in [0.25, 0.3) is 0 Å². The van der Waals surface area contributed by atoms with E-state index in [1.165, 1.54) is 14.2 Å². The van der Waals surface area contributed by atoms with Gasteiger partial charge in [-0.2, -0.15) is 5.26 Å². The Balaban J connectivity index is 3.05. The summed E-state index contributed by atoms with van der Waals surface area (Å²) in [5, 5.41) is 9.72. The summed E-state index contributed by atoms with van der Waals surface area (Å²) < 4.78 is 9.30. The third kappa shape index (κ3) is 4.59. The molecule has 0 amide bonds. The van der Waals surface area contributed by atoms with Crippen LogP contribution in [0.1, 0.15) is 36.8 Å². The Morgan fingerprint density at radius 2 is 1.50 bits per heavy atom. The second-order valence-electron chi connectivity index (χ2n) is 5.21. The molecule has 22 heavy (non-hydrogen) atoms. The number of ether oxygens (including phenoxy) is 2. The van der Waals surface area contributed by atoms with Crippen molar-refractivity contribution in [2.24, 2.45) is 0 Å². The van der Waals surface area contributed by atoms with Crippen molar-refractivity contribution < 1.29 is 19.1 Å². The summed E-state index contributed by atoms with van der Waals surface area (Å²) in [6.07, 6.45) is 0.852. The van der Waals surface area contributed by atoms with Crippen molar-refractivity contribution in [2.75, 3.05) is 14.2 Å². The lowest BCUT2D eigenvalue weighted by Gasteiger charge is -2.26. The van der Waals surface area contributed by atoms with Gasteiger partial charge in [0, 0.05) is 12.8 Å². The van der Waals surface area contributed by atoms with Gasteiger partial charge in [0.1, 0.15) is 0 Å². The first-order valence-electron chi connectivity index (χ1n) is 7.09. The maximum absolute atomic E-state index is 11.4. The van der Waals surface area contributed by atoms with Crippen LogP contribution in [0, 0.1) is 18.3 Å². The lowest BCUT2D eigenvalue weighted by atomic mass is 9.74. The number of methoxy groups -OCH3 is 2. The number of rotatable bonds is 7. The van der Waals surface area contributed by atoms with Crippen molar-refractivity contribution in [3.05, 3.63) is 35.4 Å². The number of hydrogen-bond donors (Lipinski definition) is 0. The van der Waals surface area contributed by atoms with Gasteiger partial charge in [-0.15, -0.1) is 0 Å². The van der Waals surface area contributed by atoms with E-state index in [9.17, 15) is 14.9 Å². The molecule has 5 nitrogen and oxygen atoms in total. The molecule has 1 aromatic rings. The average Bonchev–Trinajstić information content (AvgIpc) is 2.55. The molecule has 0 N–H and O–H groups in total. The van der Waals surface area contributed by atoms with Crippen LogP contribution in [0.4, 0.5) is 0 Å². The number of carbonyl (C=O) groups excluding carboxylic acids is 2. The van der Waals surface area contributed by atoms with Gasteiger partial charge in [0.2, 0.25) is 0 Å². The highest BCUT2D eigenvalue weighted by atomic mass is 16.5. The van der Waals surface area contributed by atoms with Crippen LogP contribution in [0.15, 0.2) is 24.3 Å². The van der Waals surface area contributed by atoms with E-state index < -0.39 is 5.41 Å². The molecule has 0 unspecified atom stereocenters. The molecule has 0 radical (unpaired) electrons. The van der Waals surface area contributed by atoms with Crippen LogP contribution < -0.4 is 0 Å². The minimum Gasteiger partial charge on any atom is -0.469 e. The predicted molar refractivity (Wildman–Crippen MR) is 81.0 cm³/mol. The Bertz CT molecular complexity index is 537. The van der Waals surface area contributed by atoms with Crippen LogP contribution in [0.2, 0.25) is 0 Å². The second kappa shape index (κ2) is 8.18. The zero-order valence-electron chi connectivity index (χ0n) is 13.2. The summed E-state index contributed by atoms with van der Waals surface area (Å²) >= 11 is 0. The summed E-state index contributed by atoms with van der Waals surface area (Å²) in [5.74, 6) is -0.741. The normalized spacial score (nSPS) is 10.6. The molecule has 0 atom stereocenters. The van der Waals surface area contributed by atoms with Gasteiger partial charge in [-0.25, -0.2) is 0 Å². The fraction of sp³-hybridized carbons (Fsp3) is 0.471. The molecule has 0 heterocycles. The first-order valence-corrected chi connectivity index (χ1v) is 7.09. The minimum atomic E-state index is -0.907. The average molecular weight is 303 g/mol. The van der Waals surface area contributed by atoms with Crippen molar-refractivity contribution in [1.82, 2.24) is 0 Å². The maximum atomic E-state index is 11.4. The summed E-state index contributed by atoms with van der Waals surface area (Å²) in [4.78, 5) is 22.9.